The molecule has 0 aliphatic rings. The summed E-state index contributed by atoms with van der Waals surface area (Å²) in [4.78, 5) is 17.9. The third-order valence-corrected chi connectivity index (χ3v) is 2.51. The van der Waals surface area contributed by atoms with Gasteiger partial charge in [0.15, 0.2) is 0 Å². The highest BCUT2D eigenvalue weighted by Gasteiger charge is 2.32. The van der Waals surface area contributed by atoms with E-state index in [1.165, 1.54) is 7.11 Å². The molecule has 0 radical (unpaired) electrons. The van der Waals surface area contributed by atoms with Crippen LogP contribution in [0.4, 0.5) is 19.1 Å². The van der Waals surface area contributed by atoms with Crippen molar-refractivity contribution in [3.05, 3.63) is 18.0 Å². The van der Waals surface area contributed by atoms with Gasteiger partial charge in [-0.2, -0.15) is 13.2 Å². The molecule has 0 bridgehead atoms. The van der Waals surface area contributed by atoms with Gasteiger partial charge in [0.25, 0.3) is 0 Å². The highest BCUT2D eigenvalue weighted by atomic mass is 19.4. The van der Waals surface area contributed by atoms with Crippen LogP contribution >= 0.6 is 0 Å². The molecule has 0 aliphatic carbocycles. The van der Waals surface area contributed by atoms with Gasteiger partial charge in [0.05, 0.1) is 7.11 Å². The summed E-state index contributed by atoms with van der Waals surface area (Å²) in [6, 6.07) is 0.821. The fraction of sp³-hybridized carbons (Fsp3) is 0.583. The Kier molecular flexibility index (Phi) is 6.20. The molecule has 0 fully saturated rings. The number of alkyl halides is 3. The minimum Gasteiger partial charge on any atom is -0.469 e. The van der Waals surface area contributed by atoms with E-state index in [0.29, 0.717) is 25.8 Å². The number of unbranched alkanes of at least 4 members (excludes halogenated alkanes) is 2. The van der Waals surface area contributed by atoms with Gasteiger partial charge < -0.3 is 10.1 Å². The maximum absolute atomic E-state index is 12.4. The lowest BCUT2D eigenvalue weighted by Crippen LogP contribution is -2.12. The largest absolute Gasteiger partial charge is 0.469 e. The van der Waals surface area contributed by atoms with Crippen molar-refractivity contribution in [3.8, 4) is 0 Å². The van der Waals surface area contributed by atoms with E-state index >= 15 is 0 Å². The molecule has 1 aromatic rings. The van der Waals surface area contributed by atoms with Gasteiger partial charge in [-0.25, -0.2) is 9.97 Å². The molecule has 20 heavy (non-hydrogen) atoms. The number of halogens is 3. The Balaban J connectivity index is 2.27. The van der Waals surface area contributed by atoms with Gasteiger partial charge in [0.2, 0.25) is 5.95 Å². The van der Waals surface area contributed by atoms with E-state index in [0.717, 1.165) is 18.7 Å². The summed E-state index contributed by atoms with van der Waals surface area (Å²) in [5.74, 6) is -0.313. The second-order valence-electron chi connectivity index (χ2n) is 4.08. The van der Waals surface area contributed by atoms with Crippen molar-refractivity contribution in [2.45, 2.75) is 31.9 Å². The summed E-state index contributed by atoms with van der Waals surface area (Å²) >= 11 is 0. The van der Waals surface area contributed by atoms with Crippen molar-refractivity contribution in [1.29, 1.82) is 0 Å². The molecular formula is C12H16F3N3O2. The number of esters is 1. The lowest BCUT2D eigenvalue weighted by Gasteiger charge is -2.08. The average molecular weight is 291 g/mol. The predicted octanol–water partition coefficient (Wildman–Crippen LogP) is 2.64. The minimum atomic E-state index is -4.47. The van der Waals surface area contributed by atoms with Crippen molar-refractivity contribution >= 4 is 11.9 Å². The number of nitrogens with zero attached hydrogens (tertiary/aromatic N) is 2. The lowest BCUT2D eigenvalue weighted by atomic mass is 10.2. The number of hydrogen-bond acceptors (Lipinski definition) is 5. The highest BCUT2D eigenvalue weighted by Crippen LogP contribution is 2.27. The minimum absolute atomic E-state index is 0.0483. The van der Waals surface area contributed by atoms with Crippen LogP contribution in [0.3, 0.4) is 0 Å². The van der Waals surface area contributed by atoms with Crippen LogP contribution in [0, 0.1) is 0 Å². The molecule has 1 heterocycles. The van der Waals surface area contributed by atoms with Crippen LogP contribution < -0.4 is 5.32 Å². The van der Waals surface area contributed by atoms with Crippen LogP contribution in [0.1, 0.15) is 31.4 Å². The number of carbonyl (C=O) groups is 1. The van der Waals surface area contributed by atoms with Gasteiger partial charge in [-0.15, -0.1) is 0 Å². The summed E-state index contributed by atoms with van der Waals surface area (Å²) in [5, 5.41) is 2.72. The first-order valence-electron chi connectivity index (χ1n) is 6.14. The van der Waals surface area contributed by atoms with Crippen molar-refractivity contribution in [2.75, 3.05) is 19.0 Å². The van der Waals surface area contributed by atoms with Gasteiger partial charge in [0, 0.05) is 19.2 Å². The maximum atomic E-state index is 12.4. The van der Waals surface area contributed by atoms with Gasteiger partial charge >= 0.3 is 12.1 Å². The Morgan fingerprint density at radius 3 is 2.75 bits per heavy atom. The first-order chi connectivity index (χ1) is 9.43. The lowest BCUT2D eigenvalue weighted by molar-refractivity contribution is -0.141. The highest BCUT2D eigenvalue weighted by molar-refractivity contribution is 5.68. The molecule has 0 amide bonds. The number of nitrogens with one attached hydrogen (secondary N) is 1. The summed E-state index contributed by atoms with van der Waals surface area (Å²) in [7, 11) is 1.33. The zero-order valence-corrected chi connectivity index (χ0v) is 11.0. The van der Waals surface area contributed by atoms with E-state index in [1.54, 1.807) is 0 Å². The molecule has 1 N–H and O–H groups in total. The predicted molar refractivity (Wildman–Crippen MR) is 66.0 cm³/mol. The molecule has 1 aromatic heterocycles. The summed E-state index contributed by atoms with van der Waals surface area (Å²) < 4.78 is 41.7. The van der Waals surface area contributed by atoms with Crippen LogP contribution in [0.15, 0.2) is 12.3 Å². The number of rotatable bonds is 7. The fourth-order valence-corrected chi connectivity index (χ4v) is 1.48. The van der Waals surface area contributed by atoms with Crippen molar-refractivity contribution in [1.82, 2.24) is 9.97 Å². The zero-order chi connectivity index (χ0) is 15.0. The monoisotopic (exact) mass is 291 g/mol. The first-order valence-corrected chi connectivity index (χ1v) is 6.14. The number of aromatic nitrogens is 2. The SMILES string of the molecule is COC(=O)CCCCCNc1nccc(C(F)(F)F)n1. The second kappa shape index (κ2) is 7.66. The normalized spacial score (nSPS) is 11.2. The number of ether oxygens (including phenoxy) is 1. The molecule has 0 atom stereocenters. The van der Waals surface area contributed by atoms with Crippen LogP contribution in [0.5, 0.6) is 0 Å². The van der Waals surface area contributed by atoms with E-state index in [9.17, 15) is 18.0 Å². The average Bonchev–Trinajstić information content (AvgIpc) is 2.41. The first kappa shape index (κ1) is 16.2. The standard InChI is InChI=1S/C12H16F3N3O2/c1-20-10(19)5-3-2-4-7-16-11-17-8-6-9(18-11)12(13,14)15/h6,8H,2-5,7H2,1H3,(H,16,17,18). The Bertz CT molecular complexity index is 438. The molecule has 8 heteroatoms. The number of anilines is 1. The van der Waals surface area contributed by atoms with E-state index in [2.05, 4.69) is 20.0 Å². The molecular weight excluding hydrogens is 275 g/mol. The van der Waals surface area contributed by atoms with Crippen molar-refractivity contribution in [2.24, 2.45) is 0 Å². The maximum Gasteiger partial charge on any atom is 0.433 e. The Morgan fingerprint density at radius 1 is 1.35 bits per heavy atom. The van der Waals surface area contributed by atoms with Crippen LogP contribution in [0.25, 0.3) is 0 Å². The summed E-state index contributed by atoms with van der Waals surface area (Å²) in [6.07, 6.45) is -0.915. The third kappa shape index (κ3) is 5.85. The van der Waals surface area contributed by atoms with Gasteiger partial charge in [-0.05, 0) is 18.9 Å². The summed E-state index contributed by atoms with van der Waals surface area (Å²) in [6.45, 7) is 0.447. The second-order valence-corrected chi connectivity index (χ2v) is 4.08. The third-order valence-electron chi connectivity index (χ3n) is 2.51. The van der Waals surface area contributed by atoms with E-state index in [4.69, 9.17) is 0 Å². The van der Waals surface area contributed by atoms with E-state index < -0.39 is 11.9 Å². The molecule has 0 aliphatic heterocycles. The van der Waals surface area contributed by atoms with Crippen LogP contribution in [0.2, 0.25) is 0 Å². The fourth-order valence-electron chi connectivity index (χ4n) is 1.48. The van der Waals surface area contributed by atoms with Crippen LogP contribution in [-0.4, -0.2) is 29.6 Å². The Labute approximate surface area is 114 Å². The van der Waals surface area contributed by atoms with Gasteiger partial charge in [-0.1, -0.05) is 6.42 Å². The Hall–Kier alpha value is -1.86. The smallest absolute Gasteiger partial charge is 0.433 e. The Morgan fingerprint density at radius 2 is 2.10 bits per heavy atom. The summed E-state index contributed by atoms with van der Waals surface area (Å²) in [5.41, 5.74) is -0.972. The van der Waals surface area contributed by atoms with E-state index in [1.807, 2.05) is 0 Å². The molecule has 5 nitrogen and oxygen atoms in total. The molecule has 112 valence electrons. The quantitative estimate of drug-likeness (QED) is 0.618. The topological polar surface area (TPSA) is 64.1 Å². The molecule has 0 spiro atoms. The van der Waals surface area contributed by atoms with Crippen molar-refractivity contribution < 1.29 is 22.7 Å². The van der Waals surface area contributed by atoms with Gasteiger partial charge in [-0.3, -0.25) is 4.79 Å². The molecule has 0 aromatic carbocycles. The molecule has 0 saturated heterocycles. The van der Waals surface area contributed by atoms with Crippen LogP contribution in [-0.2, 0) is 15.7 Å². The number of hydrogen-bond donors (Lipinski definition) is 1. The molecule has 1 rings (SSSR count). The van der Waals surface area contributed by atoms with Gasteiger partial charge in [0.1, 0.15) is 5.69 Å². The zero-order valence-electron chi connectivity index (χ0n) is 11.0. The molecule has 0 saturated carbocycles. The van der Waals surface area contributed by atoms with Crippen molar-refractivity contribution in [3.63, 3.8) is 0 Å². The van der Waals surface area contributed by atoms with E-state index in [-0.39, 0.29) is 11.9 Å². The molecule has 0 unspecified atom stereocenters. The number of methoxy groups -OCH3 is 1. The number of carbonyl (C=O) groups excluding carboxylic acids is 1.